The lowest BCUT2D eigenvalue weighted by Crippen LogP contribution is -2.25. The summed E-state index contributed by atoms with van der Waals surface area (Å²) in [6.45, 7) is 8.24. The molecule has 0 unspecified atom stereocenters. The molecule has 3 nitrogen and oxygen atoms in total. The first-order valence-corrected chi connectivity index (χ1v) is 5.90. The lowest BCUT2D eigenvalue weighted by atomic mass is 10.1. The quantitative estimate of drug-likeness (QED) is 0.871. The Morgan fingerprint density at radius 3 is 2.53 bits per heavy atom. The van der Waals surface area contributed by atoms with Crippen LogP contribution in [0.5, 0.6) is 5.75 Å². The fraction of sp³-hybridized carbons (Fsp3) is 0.500. The van der Waals surface area contributed by atoms with Crippen LogP contribution in [0, 0.1) is 0 Å². The summed E-state index contributed by atoms with van der Waals surface area (Å²) in [5.41, 5.74) is 0.917. The van der Waals surface area contributed by atoms with Gasteiger partial charge in [0.05, 0.1) is 0 Å². The Hall–Kier alpha value is -1.51. The van der Waals surface area contributed by atoms with Gasteiger partial charge >= 0.3 is 0 Å². The van der Waals surface area contributed by atoms with Gasteiger partial charge in [0.25, 0.3) is 0 Å². The van der Waals surface area contributed by atoms with E-state index in [0.29, 0.717) is 6.54 Å². The third-order valence-corrected chi connectivity index (χ3v) is 2.16. The number of benzene rings is 1. The molecule has 1 rings (SSSR count). The molecule has 0 bridgehead atoms. The molecule has 94 valence electrons. The Bertz CT molecular complexity index is 380. The molecular formula is C14H21NO2. The second-order valence-corrected chi connectivity index (χ2v) is 5.06. The molecule has 1 amide bonds. The van der Waals surface area contributed by atoms with Crippen molar-refractivity contribution in [3.05, 3.63) is 29.8 Å². The van der Waals surface area contributed by atoms with Crippen molar-refractivity contribution in [2.75, 3.05) is 6.54 Å². The molecule has 0 aromatic heterocycles. The number of ether oxygens (including phenoxy) is 1. The first-order chi connectivity index (χ1) is 7.88. The molecule has 0 saturated heterocycles. The van der Waals surface area contributed by atoms with E-state index in [0.717, 1.165) is 17.7 Å². The van der Waals surface area contributed by atoms with Crippen molar-refractivity contribution in [3.8, 4) is 5.75 Å². The number of rotatable bonds is 4. The number of amides is 1. The molecule has 0 fully saturated rings. The zero-order chi connectivity index (χ0) is 12.9. The third kappa shape index (κ3) is 5.38. The van der Waals surface area contributed by atoms with Crippen LogP contribution < -0.4 is 10.1 Å². The number of para-hydroxylation sites is 1. The first kappa shape index (κ1) is 13.6. The first-order valence-electron chi connectivity index (χ1n) is 5.90. The monoisotopic (exact) mass is 235 g/mol. The van der Waals surface area contributed by atoms with Crippen LogP contribution in [0.2, 0.25) is 0 Å². The second-order valence-electron chi connectivity index (χ2n) is 5.06. The molecule has 0 spiro atoms. The van der Waals surface area contributed by atoms with Gasteiger partial charge in [-0.2, -0.15) is 0 Å². The molecule has 0 heterocycles. The minimum Gasteiger partial charge on any atom is -0.488 e. The minimum atomic E-state index is -0.204. The number of hydrogen-bond donors (Lipinski definition) is 1. The van der Waals surface area contributed by atoms with Crippen molar-refractivity contribution < 1.29 is 9.53 Å². The molecule has 1 aromatic rings. The van der Waals surface area contributed by atoms with Gasteiger partial charge < -0.3 is 10.1 Å². The molecule has 17 heavy (non-hydrogen) atoms. The van der Waals surface area contributed by atoms with Crippen molar-refractivity contribution >= 4 is 5.91 Å². The van der Waals surface area contributed by atoms with Gasteiger partial charge in [0.1, 0.15) is 11.4 Å². The van der Waals surface area contributed by atoms with Gasteiger partial charge in [0, 0.05) is 13.5 Å². The SMILES string of the molecule is CC(=O)NCCc1ccccc1OC(C)(C)C. The van der Waals surface area contributed by atoms with Crippen LogP contribution in [0.4, 0.5) is 0 Å². The minimum absolute atomic E-state index is 0.000721. The average Bonchev–Trinajstić information content (AvgIpc) is 2.17. The van der Waals surface area contributed by atoms with E-state index in [1.807, 2.05) is 45.0 Å². The van der Waals surface area contributed by atoms with Gasteiger partial charge in [0.2, 0.25) is 5.91 Å². The maximum atomic E-state index is 10.8. The normalized spacial score (nSPS) is 11.1. The number of nitrogens with one attached hydrogen (secondary N) is 1. The average molecular weight is 235 g/mol. The molecule has 0 aliphatic heterocycles. The lowest BCUT2D eigenvalue weighted by molar-refractivity contribution is -0.118. The van der Waals surface area contributed by atoms with E-state index < -0.39 is 0 Å². The molecule has 0 saturated carbocycles. The van der Waals surface area contributed by atoms with E-state index in [4.69, 9.17) is 4.74 Å². The van der Waals surface area contributed by atoms with Crippen molar-refractivity contribution in [2.24, 2.45) is 0 Å². The van der Waals surface area contributed by atoms with Gasteiger partial charge in [-0.05, 0) is 38.8 Å². The van der Waals surface area contributed by atoms with Crippen LogP contribution in [0.25, 0.3) is 0 Å². The van der Waals surface area contributed by atoms with Gasteiger partial charge in [-0.3, -0.25) is 4.79 Å². The van der Waals surface area contributed by atoms with Crippen molar-refractivity contribution in [3.63, 3.8) is 0 Å². The van der Waals surface area contributed by atoms with Crippen LogP contribution in [0.1, 0.15) is 33.3 Å². The van der Waals surface area contributed by atoms with Crippen LogP contribution >= 0.6 is 0 Å². The van der Waals surface area contributed by atoms with E-state index in [1.165, 1.54) is 6.92 Å². The highest BCUT2D eigenvalue weighted by molar-refractivity contribution is 5.72. The summed E-state index contributed by atoms with van der Waals surface area (Å²) in [5.74, 6) is 0.893. The van der Waals surface area contributed by atoms with Crippen molar-refractivity contribution in [1.82, 2.24) is 5.32 Å². The Morgan fingerprint density at radius 2 is 1.94 bits per heavy atom. The Kier molecular flexibility index (Phi) is 4.55. The third-order valence-electron chi connectivity index (χ3n) is 2.16. The fourth-order valence-electron chi connectivity index (χ4n) is 1.51. The standard InChI is InChI=1S/C14H21NO2/c1-11(16)15-10-9-12-7-5-6-8-13(12)17-14(2,3)4/h5-8H,9-10H2,1-4H3,(H,15,16). The summed E-state index contributed by atoms with van der Waals surface area (Å²) in [6.07, 6.45) is 0.784. The van der Waals surface area contributed by atoms with E-state index in [-0.39, 0.29) is 11.5 Å². The zero-order valence-corrected chi connectivity index (χ0v) is 11.0. The van der Waals surface area contributed by atoms with Gasteiger partial charge in [-0.1, -0.05) is 18.2 Å². The van der Waals surface area contributed by atoms with Crippen LogP contribution in [0.15, 0.2) is 24.3 Å². The summed E-state index contributed by atoms with van der Waals surface area (Å²) in [7, 11) is 0. The Balaban J connectivity index is 2.67. The highest BCUT2D eigenvalue weighted by Gasteiger charge is 2.13. The molecule has 0 aliphatic carbocycles. The second kappa shape index (κ2) is 5.71. The Labute approximate surface area is 103 Å². The topological polar surface area (TPSA) is 38.3 Å². The van der Waals surface area contributed by atoms with Gasteiger partial charge in [0.15, 0.2) is 0 Å². The highest BCUT2D eigenvalue weighted by atomic mass is 16.5. The summed E-state index contributed by atoms with van der Waals surface area (Å²) >= 11 is 0. The predicted molar refractivity (Wildman–Crippen MR) is 69.2 cm³/mol. The van der Waals surface area contributed by atoms with E-state index in [1.54, 1.807) is 0 Å². The summed E-state index contributed by atoms with van der Waals surface area (Å²) in [6, 6.07) is 7.94. The zero-order valence-electron chi connectivity index (χ0n) is 11.0. The lowest BCUT2D eigenvalue weighted by Gasteiger charge is -2.23. The predicted octanol–water partition coefficient (Wildman–Crippen LogP) is 2.54. The fourth-order valence-corrected chi connectivity index (χ4v) is 1.51. The number of hydrogen-bond acceptors (Lipinski definition) is 2. The van der Waals surface area contributed by atoms with Crippen LogP contribution in [0.3, 0.4) is 0 Å². The summed E-state index contributed by atoms with van der Waals surface area (Å²) < 4.78 is 5.88. The molecule has 3 heteroatoms. The smallest absolute Gasteiger partial charge is 0.216 e. The van der Waals surface area contributed by atoms with Gasteiger partial charge in [-0.15, -0.1) is 0 Å². The Morgan fingerprint density at radius 1 is 1.29 bits per heavy atom. The molecule has 1 N–H and O–H groups in total. The van der Waals surface area contributed by atoms with Crippen molar-refractivity contribution in [1.29, 1.82) is 0 Å². The van der Waals surface area contributed by atoms with E-state index >= 15 is 0 Å². The summed E-state index contributed by atoms with van der Waals surface area (Å²) in [5, 5.41) is 2.79. The van der Waals surface area contributed by atoms with Gasteiger partial charge in [-0.25, -0.2) is 0 Å². The molecular weight excluding hydrogens is 214 g/mol. The van der Waals surface area contributed by atoms with Crippen LogP contribution in [-0.2, 0) is 11.2 Å². The van der Waals surface area contributed by atoms with E-state index in [2.05, 4.69) is 5.32 Å². The maximum Gasteiger partial charge on any atom is 0.216 e. The largest absolute Gasteiger partial charge is 0.488 e. The maximum absolute atomic E-state index is 10.8. The molecule has 1 aromatic carbocycles. The van der Waals surface area contributed by atoms with Crippen LogP contribution in [-0.4, -0.2) is 18.1 Å². The van der Waals surface area contributed by atoms with E-state index in [9.17, 15) is 4.79 Å². The number of carbonyl (C=O) groups is 1. The highest BCUT2D eigenvalue weighted by Crippen LogP contribution is 2.23. The molecule has 0 atom stereocenters. The molecule has 0 aliphatic rings. The van der Waals surface area contributed by atoms with Crippen molar-refractivity contribution in [2.45, 2.75) is 39.7 Å². The number of carbonyl (C=O) groups excluding carboxylic acids is 1. The molecule has 0 radical (unpaired) electrons. The summed E-state index contributed by atoms with van der Waals surface area (Å²) in [4.78, 5) is 10.8.